The number of amides is 1. The lowest BCUT2D eigenvalue weighted by atomic mass is 9.89. The van der Waals surface area contributed by atoms with E-state index in [4.69, 9.17) is 4.74 Å². The molecule has 4 nitrogen and oxygen atoms in total. The van der Waals surface area contributed by atoms with Crippen molar-refractivity contribution in [2.75, 3.05) is 39.3 Å². The van der Waals surface area contributed by atoms with E-state index < -0.39 is 0 Å². The summed E-state index contributed by atoms with van der Waals surface area (Å²) >= 11 is 0. The fourth-order valence-electron chi connectivity index (χ4n) is 5.60. The molecule has 5 rings (SSSR count). The summed E-state index contributed by atoms with van der Waals surface area (Å²) < 4.78 is 6.01. The second-order valence-electron chi connectivity index (χ2n) is 10.4. The average Bonchev–Trinajstić information content (AvgIpc) is 2.92. The van der Waals surface area contributed by atoms with Crippen LogP contribution in [-0.2, 0) is 0 Å². The normalized spacial score (nSPS) is 18.1. The van der Waals surface area contributed by atoms with Crippen molar-refractivity contribution in [2.24, 2.45) is 5.92 Å². The molecule has 0 aliphatic carbocycles. The Bertz CT molecular complexity index is 1110. The van der Waals surface area contributed by atoms with Crippen LogP contribution < -0.4 is 4.74 Å². The molecule has 3 aromatic carbocycles. The van der Waals surface area contributed by atoms with Crippen LogP contribution in [0, 0.1) is 5.92 Å². The molecular weight excluding hydrogens is 432 g/mol. The van der Waals surface area contributed by atoms with Crippen LogP contribution in [0.2, 0.25) is 0 Å². The lowest BCUT2D eigenvalue weighted by Gasteiger charge is -2.32. The van der Waals surface area contributed by atoms with Crippen LogP contribution in [0.3, 0.4) is 0 Å². The van der Waals surface area contributed by atoms with Gasteiger partial charge < -0.3 is 14.5 Å². The Kier molecular flexibility index (Phi) is 7.68. The first-order valence-corrected chi connectivity index (χ1v) is 13.4. The van der Waals surface area contributed by atoms with Crippen molar-refractivity contribution in [2.45, 2.75) is 44.9 Å². The predicted molar refractivity (Wildman–Crippen MR) is 143 cm³/mol. The van der Waals surface area contributed by atoms with E-state index in [0.29, 0.717) is 5.92 Å². The minimum Gasteiger partial charge on any atom is -0.494 e. The molecular formula is C31H38N2O2. The quantitative estimate of drug-likeness (QED) is 0.377. The topological polar surface area (TPSA) is 32.8 Å². The first-order valence-electron chi connectivity index (χ1n) is 13.4. The number of fused-ring (bicyclic) bond motifs is 1. The van der Waals surface area contributed by atoms with Gasteiger partial charge in [-0.1, -0.05) is 55.5 Å². The minimum atomic E-state index is 0.156. The highest BCUT2D eigenvalue weighted by molar-refractivity contribution is 6.07. The van der Waals surface area contributed by atoms with Gasteiger partial charge in [0.05, 0.1) is 6.61 Å². The minimum absolute atomic E-state index is 0.156. The highest BCUT2D eigenvalue weighted by atomic mass is 16.5. The smallest absolute Gasteiger partial charge is 0.254 e. The van der Waals surface area contributed by atoms with E-state index in [1.165, 1.54) is 31.5 Å². The summed E-state index contributed by atoms with van der Waals surface area (Å²) in [7, 11) is 0. The molecule has 2 aliphatic heterocycles. The molecule has 0 unspecified atom stereocenters. The number of carbonyl (C=O) groups excluding carboxylic acids is 1. The fourth-order valence-corrected chi connectivity index (χ4v) is 5.60. The zero-order chi connectivity index (χ0) is 24.0. The van der Waals surface area contributed by atoms with E-state index in [2.05, 4.69) is 48.2 Å². The average molecular weight is 471 g/mol. The van der Waals surface area contributed by atoms with Gasteiger partial charge in [-0.15, -0.1) is 0 Å². The van der Waals surface area contributed by atoms with E-state index in [-0.39, 0.29) is 5.91 Å². The van der Waals surface area contributed by atoms with Gasteiger partial charge in [0, 0.05) is 25.2 Å². The van der Waals surface area contributed by atoms with Gasteiger partial charge in [-0.2, -0.15) is 0 Å². The largest absolute Gasteiger partial charge is 0.494 e. The summed E-state index contributed by atoms with van der Waals surface area (Å²) in [4.78, 5) is 17.8. The summed E-state index contributed by atoms with van der Waals surface area (Å²) in [6.07, 6.45) is 5.76. The Balaban J connectivity index is 1.08. The number of ether oxygens (including phenoxy) is 1. The van der Waals surface area contributed by atoms with Crippen molar-refractivity contribution in [1.82, 2.24) is 9.80 Å². The maximum absolute atomic E-state index is 13.2. The molecule has 0 aromatic heterocycles. The number of likely N-dealkylation sites (tertiary alicyclic amines) is 2. The van der Waals surface area contributed by atoms with Crippen LogP contribution in [-0.4, -0.2) is 55.0 Å². The molecule has 2 heterocycles. The van der Waals surface area contributed by atoms with Crippen LogP contribution in [0.5, 0.6) is 5.75 Å². The van der Waals surface area contributed by atoms with E-state index >= 15 is 0 Å². The fraction of sp³-hybridized carbons (Fsp3) is 0.452. The Hall–Kier alpha value is -2.85. The monoisotopic (exact) mass is 470 g/mol. The number of hydrogen-bond donors (Lipinski definition) is 0. The van der Waals surface area contributed by atoms with E-state index in [9.17, 15) is 4.79 Å². The third-order valence-electron chi connectivity index (χ3n) is 7.92. The molecule has 0 atom stereocenters. The molecule has 3 aromatic rings. The number of rotatable bonds is 7. The van der Waals surface area contributed by atoms with Crippen molar-refractivity contribution < 1.29 is 9.53 Å². The van der Waals surface area contributed by atoms with Crippen molar-refractivity contribution in [3.8, 4) is 5.75 Å². The molecule has 1 amide bonds. The summed E-state index contributed by atoms with van der Waals surface area (Å²) in [5.74, 6) is 2.51. The highest BCUT2D eigenvalue weighted by Crippen LogP contribution is 2.31. The maximum atomic E-state index is 13.2. The second-order valence-corrected chi connectivity index (χ2v) is 10.4. The van der Waals surface area contributed by atoms with E-state index in [1.807, 2.05) is 35.2 Å². The van der Waals surface area contributed by atoms with Crippen LogP contribution in [0.4, 0.5) is 0 Å². The summed E-state index contributed by atoms with van der Waals surface area (Å²) in [6.45, 7) is 8.37. The van der Waals surface area contributed by atoms with Crippen LogP contribution in [0.25, 0.3) is 10.8 Å². The van der Waals surface area contributed by atoms with Crippen LogP contribution >= 0.6 is 0 Å². The predicted octanol–water partition coefficient (Wildman–Crippen LogP) is 6.36. The van der Waals surface area contributed by atoms with Crippen LogP contribution in [0.15, 0.2) is 66.7 Å². The SMILES string of the molecule is CC1CCN(CCCOc2ccc(C3CCN(C(=O)c4cccc5ccccc45)CC3)cc2)CC1. The number of piperidine rings is 2. The third-order valence-corrected chi connectivity index (χ3v) is 7.92. The molecule has 2 aliphatic rings. The molecule has 2 saturated heterocycles. The van der Waals surface area contributed by atoms with Crippen molar-refractivity contribution in [3.63, 3.8) is 0 Å². The highest BCUT2D eigenvalue weighted by Gasteiger charge is 2.25. The first-order chi connectivity index (χ1) is 17.2. The zero-order valence-corrected chi connectivity index (χ0v) is 21.0. The van der Waals surface area contributed by atoms with Gasteiger partial charge in [-0.05, 0) is 91.6 Å². The number of carbonyl (C=O) groups is 1. The molecule has 2 fully saturated rings. The van der Waals surface area contributed by atoms with Gasteiger partial charge in [-0.3, -0.25) is 4.79 Å². The molecule has 0 saturated carbocycles. The Morgan fingerprint density at radius 2 is 1.57 bits per heavy atom. The molecule has 184 valence electrons. The van der Waals surface area contributed by atoms with E-state index in [0.717, 1.165) is 73.5 Å². The Morgan fingerprint density at radius 3 is 2.34 bits per heavy atom. The molecule has 0 radical (unpaired) electrons. The summed E-state index contributed by atoms with van der Waals surface area (Å²) in [6, 6.07) is 22.8. The Labute approximate surface area is 209 Å². The molecule has 35 heavy (non-hydrogen) atoms. The lowest BCUT2D eigenvalue weighted by molar-refractivity contribution is 0.0715. The number of hydrogen-bond acceptors (Lipinski definition) is 3. The molecule has 0 N–H and O–H groups in total. The zero-order valence-electron chi connectivity index (χ0n) is 21.0. The van der Waals surface area contributed by atoms with Crippen molar-refractivity contribution in [3.05, 3.63) is 77.9 Å². The van der Waals surface area contributed by atoms with Gasteiger partial charge in [0.15, 0.2) is 0 Å². The Morgan fingerprint density at radius 1 is 0.857 bits per heavy atom. The summed E-state index contributed by atoms with van der Waals surface area (Å²) in [5, 5.41) is 2.17. The molecule has 4 heteroatoms. The standard InChI is InChI=1S/C31H38N2O2/c1-24-14-19-32(20-15-24)18-5-23-35-28-12-10-25(11-13-28)26-16-21-33(22-17-26)31(34)30-9-4-7-27-6-2-3-8-29(27)30/h2-4,6-13,24,26H,5,14-23H2,1H3. The lowest BCUT2D eigenvalue weighted by Crippen LogP contribution is -2.38. The number of nitrogens with zero attached hydrogens (tertiary/aromatic N) is 2. The van der Waals surface area contributed by atoms with Gasteiger partial charge in [-0.25, -0.2) is 0 Å². The van der Waals surface area contributed by atoms with Gasteiger partial charge in [0.25, 0.3) is 5.91 Å². The molecule has 0 bridgehead atoms. The van der Waals surface area contributed by atoms with Gasteiger partial charge in [0.1, 0.15) is 5.75 Å². The van der Waals surface area contributed by atoms with Crippen molar-refractivity contribution >= 4 is 16.7 Å². The maximum Gasteiger partial charge on any atom is 0.254 e. The van der Waals surface area contributed by atoms with Gasteiger partial charge >= 0.3 is 0 Å². The van der Waals surface area contributed by atoms with Crippen molar-refractivity contribution in [1.29, 1.82) is 0 Å². The van der Waals surface area contributed by atoms with Crippen LogP contribution in [0.1, 0.15) is 60.9 Å². The number of benzene rings is 3. The third kappa shape index (κ3) is 5.87. The van der Waals surface area contributed by atoms with Gasteiger partial charge in [0.2, 0.25) is 0 Å². The summed E-state index contributed by atoms with van der Waals surface area (Å²) in [5.41, 5.74) is 2.18. The van der Waals surface area contributed by atoms with E-state index in [1.54, 1.807) is 0 Å². The first kappa shape index (κ1) is 23.9. The second kappa shape index (κ2) is 11.3. The molecule has 0 spiro atoms.